The predicted octanol–water partition coefficient (Wildman–Crippen LogP) is 2.92. The van der Waals surface area contributed by atoms with Gasteiger partial charge in [0.15, 0.2) is 11.5 Å². The van der Waals surface area contributed by atoms with Gasteiger partial charge in [0.25, 0.3) is 5.91 Å². The number of nitrogens with zero attached hydrogens (tertiary/aromatic N) is 2. The fraction of sp³-hybridized carbons (Fsp3) is 0.476. The van der Waals surface area contributed by atoms with Crippen LogP contribution in [0.25, 0.3) is 11.3 Å². The van der Waals surface area contributed by atoms with Gasteiger partial charge in [0.2, 0.25) is 0 Å². The Labute approximate surface area is 172 Å². The van der Waals surface area contributed by atoms with Crippen LogP contribution in [0.5, 0.6) is 0 Å². The molecular formula is C21H23F2N3O4. The predicted molar refractivity (Wildman–Crippen MR) is 103 cm³/mol. The molecule has 30 heavy (non-hydrogen) atoms. The minimum Gasteiger partial charge on any atom is -0.481 e. The van der Waals surface area contributed by atoms with E-state index in [1.165, 1.54) is 25.0 Å². The molecule has 2 N–H and O–H groups in total. The summed E-state index contributed by atoms with van der Waals surface area (Å²) in [5.74, 6) is -3.05. The number of amides is 1. The van der Waals surface area contributed by atoms with Gasteiger partial charge in [-0.2, -0.15) is 0 Å². The van der Waals surface area contributed by atoms with Gasteiger partial charge in [-0.25, -0.2) is 8.78 Å². The number of carbonyl (C=O) groups is 2. The Morgan fingerprint density at radius 3 is 2.73 bits per heavy atom. The Morgan fingerprint density at radius 2 is 2.03 bits per heavy atom. The lowest BCUT2D eigenvalue weighted by Gasteiger charge is -2.36. The van der Waals surface area contributed by atoms with Crippen molar-refractivity contribution in [2.45, 2.75) is 31.7 Å². The van der Waals surface area contributed by atoms with Crippen LogP contribution in [0.4, 0.5) is 8.78 Å². The number of halogens is 2. The van der Waals surface area contributed by atoms with Gasteiger partial charge in [-0.15, -0.1) is 0 Å². The van der Waals surface area contributed by atoms with Crippen molar-refractivity contribution >= 4 is 11.9 Å². The minimum absolute atomic E-state index is 0.0117. The molecule has 0 bridgehead atoms. The molecule has 2 heterocycles. The molecule has 2 aliphatic rings. The van der Waals surface area contributed by atoms with Crippen molar-refractivity contribution in [3.63, 3.8) is 0 Å². The van der Waals surface area contributed by atoms with E-state index in [-0.39, 0.29) is 17.0 Å². The Hall–Kier alpha value is -2.81. The van der Waals surface area contributed by atoms with E-state index in [0.717, 1.165) is 24.9 Å². The average Bonchev–Trinajstić information content (AvgIpc) is 3.41. The van der Waals surface area contributed by atoms with Crippen LogP contribution in [0.15, 0.2) is 28.8 Å². The number of carboxylic acids is 1. The van der Waals surface area contributed by atoms with Crippen LogP contribution in [-0.2, 0) is 4.79 Å². The fourth-order valence-corrected chi connectivity index (χ4v) is 3.86. The summed E-state index contributed by atoms with van der Waals surface area (Å²) in [6, 6.07) is 3.72. The standard InChI is InChI=1S/C21H23F2N3O4/c22-13-3-4-14(16(23)9-13)19-10-18(25-30-19)20(27)24-17-6-8-26(7-5-12-1-2-12)11-15(17)21(28)29/h3-4,9-10,12,15,17H,1-2,5-8,11H2,(H,24,27)(H,28,29)/t15-,17-/m1/s1. The second-order valence-corrected chi connectivity index (χ2v) is 8.05. The molecule has 1 aromatic carbocycles. The van der Waals surface area contributed by atoms with E-state index < -0.39 is 35.5 Å². The zero-order valence-electron chi connectivity index (χ0n) is 16.3. The summed E-state index contributed by atoms with van der Waals surface area (Å²) in [5.41, 5.74) is -0.107. The third kappa shape index (κ3) is 4.67. The highest BCUT2D eigenvalue weighted by molar-refractivity contribution is 5.93. The molecule has 0 spiro atoms. The molecule has 0 unspecified atom stereocenters. The Bertz CT molecular complexity index is 944. The van der Waals surface area contributed by atoms with Crippen LogP contribution < -0.4 is 5.32 Å². The number of rotatable bonds is 7. The lowest BCUT2D eigenvalue weighted by molar-refractivity contribution is -0.144. The van der Waals surface area contributed by atoms with Gasteiger partial charge in [-0.05, 0) is 37.4 Å². The maximum absolute atomic E-state index is 13.9. The van der Waals surface area contributed by atoms with E-state index in [1.54, 1.807) is 0 Å². The number of piperidine rings is 1. The summed E-state index contributed by atoms with van der Waals surface area (Å²) < 4.78 is 32.0. The highest BCUT2D eigenvalue weighted by Gasteiger charge is 2.36. The molecule has 1 saturated heterocycles. The summed E-state index contributed by atoms with van der Waals surface area (Å²) in [7, 11) is 0. The molecule has 2 atom stereocenters. The molecule has 1 saturated carbocycles. The lowest BCUT2D eigenvalue weighted by atomic mass is 9.91. The molecule has 1 aliphatic carbocycles. The van der Waals surface area contributed by atoms with Crippen molar-refractivity contribution in [1.29, 1.82) is 0 Å². The van der Waals surface area contributed by atoms with Crippen LogP contribution in [0, 0.1) is 23.5 Å². The van der Waals surface area contributed by atoms with Crippen LogP contribution in [0.2, 0.25) is 0 Å². The van der Waals surface area contributed by atoms with Gasteiger partial charge < -0.3 is 19.8 Å². The topological polar surface area (TPSA) is 95.7 Å². The van der Waals surface area contributed by atoms with Crippen LogP contribution in [0.3, 0.4) is 0 Å². The second-order valence-electron chi connectivity index (χ2n) is 8.05. The SMILES string of the molecule is O=C(N[C@@H]1CCN(CCC2CC2)C[C@H]1C(=O)O)c1cc(-c2ccc(F)cc2F)on1. The largest absolute Gasteiger partial charge is 0.481 e. The molecular weight excluding hydrogens is 396 g/mol. The molecule has 9 heteroatoms. The van der Waals surface area contributed by atoms with Crippen molar-refractivity contribution in [3.8, 4) is 11.3 Å². The summed E-state index contributed by atoms with van der Waals surface area (Å²) in [4.78, 5) is 26.5. The van der Waals surface area contributed by atoms with Gasteiger partial charge in [0, 0.05) is 31.3 Å². The van der Waals surface area contributed by atoms with Crippen molar-refractivity contribution in [3.05, 3.63) is 41.6 Å². The molecule has 1 amide bonds. The van der Waals surface area contributed by atoms with Gasteiger partial charge in [0.1, 0.15) is 11.6 Å². The Morgan fingerprint density at radius 1 is 1.23 bits per heavy atom. The number of benzene rings is 1. The summed E-state index contributed by atoms with van der Waals surface area (Å²) in [5, 5.41) is 16.0. The summed E-state index contributed by atoms with van der Waals surface area (Å²) >= 11 is 0. The second kappa shape index (κ2) is 8.51. The minimum atomic E-state index is -0.953. The molecule has 2 aromatic rings. The monoisotopic (exact) mass is 419 g/mol. The fourth-order valence-electron chi connectivity index (χ4n) is 3.86. The smallest absolute Gasteiger partial charge is 0.309 e. The number of nitrogens with one attached hydrogen (secondary N) is 1. The summed E-state index contributed by atoms with van der Waals surface area (Å²) in [6.45, 7) is 1.98. The van der Waals surface area contributed by atoms with Crippen LogP contribution >= 0.6 is 0 Å². The van der Waals surface area contributed by atoms with Gasteiger partial charge >= 0.3 is 5.97 Å². The maximum atomic E-state index is 13.9. The number of aromatic nitrogens is 1. The number of carbonyl (C=O) groups excluding carboxylic acids is 1. The van der Waals surface area contributed by atoms with Crippen molar-refractivity contribution < 1.29 is 28.0 Å². The zero-order valence-corrected chi connectivity index (χ0v) is 16.3. The number of aliphatic carboxylic acids is 1. The zero-order chi connectivity index (χ0) is 21.3. The third-order valence-corrected chi connectivity index (χ3v) is 5.82. The molecule has 7 nitrogen and oxygen atoms in total. The molecule has 160 valence electrons. The first-order chi connectivity index (χ1) is 14.4. The average molecular weight is 419 g/mol. The van der Waals surface area contributed by atoms with Crippen LogP contribution in [-0.4, -0.2) is 52.7 Å². The van der Waals surface area contributed by atoms with E-state index in [1.807, 2.05) is 0 Å². The highest BCUT2D eigenvalue weighted by Crippen LogP contribution is 2.33. The highest BCUT2D eigenvalue weighted by atomic mass is 19.1. The third-order valence-electron chi connectivity index (χ3n) is 5.82. The quantitative estimate of drug-likeness (QED) is 0.717. The van der Waals surface area contributed by atoms with Gasteiger partial charge in [-0.1, -0.05) is 18.0 Å². The van der Waals surface area contributed by atoms with Gasteiger partial charge in [-0.3, -0.25) is 9.59 Å². The number of likely N-dealkylation sites (tertiary alicyclic amines) is 1. The molecule has 2 fully saturated rings. The Kier molecular flexibility index (Phi) is 5.80. The maximum Gasteiger partial charge on any atom is 0.309 e. The first-order valence-corrected chi connectivity index (χ1v) is 10.1. The Balaban J connectivity index is 1.40. The van der Waals surface area contributed by atoms with Crippen molar-refractivity contribution in [2.24, 2.45) is 11.8 Å². The van der Waals surface area contributed by atoms with Crippen molar-refractivity contribution in [2.75, 3.05) is 19.6 Å². The number of carboxylic acid groups (broad SMARTS) is 1. The van der Waals surface area contributed by atoms with Gasteiger partial charge in [0.05, 0.1) is 11.5 Å². The first kappa shape index (κ1) is 20.5. The van der Waals surface area contributed by atoms with E-state index in [9.17, 15) is 23.5 Å². The van der Waals surface area contributed by atoms with Crippen LogP contribution in [0.1, 0.15) is 36.2 Å². The van der Waals surface area contributed by atoms with E-state index >= 15 is 0 Å². The van der Waals surface area contributed by atoms with E-state index in [2.05, 4.69) is 15.4 Å². The number of hydrogen-bond donors (Lipinski definition) is 2. The summed E-state index contributed by atoms with van der Waals surface area (Å²) in [6.07, 6.45) is 4.13. The van der Waals surface area contributed by atoms with Crippen molar-refractivity contribution in [1.82, 2.24) is 15.4 Å². The first-order valence-electron chi connectivity index (χ1n) is 10.1. The van der Waals surface area contributed by atoms with E-state index in [0.29, 0.717) is 25.6 Å². The normalized spacial score (nSPS) is 22.1. The molecule has 0 radical (unpaired) electrons. The molecule has 1 aromatic heterocycles. The number of hydrogen-bond acceptors (Lipinski definition) is 5. The van der Waals surface area contributed by atoms with E-state index in [4.69, 9.17) is 4.52 Å². The molecule has 4 rings (SSSR count). The lowest BCUT2D eigenvalue weighted by Crippen LogP contribution is -2.53. The molecule has 1 aliphatic heterocycles.